The van der Waals surface area contributed by atoms with Gasteiger partial charge >= 0.3 is 0 Å². The van der Waals surface area contributed by atoms with Crippen LogP contribution >= 0.6 is 0 Å². The maximum absolute atomic E-state index is 6.31. The summed E-state index contributed by atoms with van der Waals surface area (Å²) in [5, 5.41) is 17.6. The van der Waals surface area contributed by atoms with Gasteiger partial charge in [0.05, 0.1) is 5.41 Å². The molecule has 1 heterocycles. The zero-order chi connectivity index (χ0) is 44.2. The third kappa shape index (κ3) is 4.47. The van der Waals surface area contributed by atoms with Crippen LogP contribution in [0.4, 0.5) is 0 Å². The first kappa shape index (κ1) is 36.4. The second kappa shape index (κ2) is 13.2. The lowest BCUT2D eigenvalue weighted by Crippen LogP contribution is -2.26. The molecule has 0 N–H and O–H groups in total. The topological polar surface area (TPSA) is 13.1 Å². The SMILES string of the molecule is c1ccc2c(c1)-c1ccccc1C21c2c(c3ccccc3c3ccccc23)-c2c1c1ccc(-c3c4ccccc4c(-c4ccc5oc6ccccc6c5c4)c4ccccc34)cc1c1ccccc21. The predicted molar refractivity (Wildman–Crippen MR) is 286 cm³/mol. The molecule has 13 aromatic carbocycles. The van der Waals surface area contributed by atoms with Gasteiger partial charge in [0.2, 0.25) is 0 Å². The van der Waals surface area contributed by atoms with E-state index in [1.807, 2.05) is 6.07 Å². The first-order valence-corrected chi connectivity index (χ1v) is 23.8. The fourth-order valence-corrected chi connectivity index (χ4v) is 13.3. The quantitative estimate of drug-likeness (QED) is 0.125. The lowest BCUT2D eigenvalue weighted by atomic mass is 9.67. The van der Waals surface area contributed by atoms with Crippen LogP contribution in [0.15, 0.2) is 235 Å². The lowest BCUT2D eigenvalue weighted by Gasteiger charge is -2.33. The van der Waals surface area contributed by atoms with E-state index < -0.39 is 5.41 Å². The molecule has 16 rings (SSSR count). The first-order valence-electron chi connectivity index (χ1n) is 23.8. The van der Waals surface area contributed by atoms with Gasteiger partial charge in [-0.3, -0.25) is 0 Å². The normalized spacial score (nSPS) is 13.4. The molecule has 0 saturated carbocycles. The molecule has 0 bridgehead atoms. The van der Waals surface area contributed by atoms with Crippen molar-refractivity contribution in [1.29, 1.82) is 0 Å². The maximum Gasteiger partial charge on any atom is 0.135 e. The second-order valence-corrected chi connectivity index (χ2v) is 18.9. The zero-order valence-electron chi connectivity index (χ0n) is 36.8. The summed E-state index contributed by atoms with van der Waals surface area (Å²) >= 11 is 0. The third-order valence-corrected chi connectivity index (χ3v) is 15.8. The molecule has 2 aliphatic carbocycles. The summed E-state index contributed by atoms with van der Waals surface area (Å²) in [6.07, 6.45) is 0. The van der Waals surface area contributed by atoms with Crippen molar-refractivity contribution in [1.82, 2.24) is 0 Å². The molecular formula is C67H38O. The Morgan fingerprint density at radius 3 is 1.13 bits per heavy atom. The predicted octanol–water partition coefficient (Wildman–Crippen LogP) is 18.2. The monoisotopic (exact) mass is 858 g/mol. The summed E-state index contributed by atoms with van der Waals surface area (Å²) in [5.74, 6) is 0. The van der Waals surface area contributed by atoms with Gasteiger partial charge in [-0.2, -0.15) is 0 Å². The van der Waals surface area contributed by atoms with Crippen LogP contribution in [0.3, 0.4) is 0 Å². The summed E-state index contributed by atoms with van der Waals surface area (Å²) in [5.41, 5.74) is 17.0. The Kier molecular flexibility index (Phi) is 7.07. The van der Waals surface area contributed by atoms with E-state index in [-0.39, 0.29) is 0 Å². The summed E-state index contributed by atoms with van der Waals surface area (Å²) in [6.45, 7) is 0. The molecule has 14 aromatic rings. The van der Waals surface area contributed by atoms with Gasteiger partial charge in [-0.25, -0.2) is 0 Å². The van der Waals surface area contributed by atoms with Gasteiger partial charge < -0.3 is 4.42 Å². The molecule has 0 amide bonds. The first-order chi connectivity index (χ1) is 33.8. The highest BCUT2D eigenvalue weighted by Crippen LogP contribution is 2.68. The summed E-state index contributed by atoms with van der Waals surface area (Å²) in [7, 11) is 0. The Morgan fingerprint density at radius 2 is 0.588 bits per heavy atom. The standard InChI is InChI=1S/C67H38O/c1-4-23-47-41(17-1)42-18-3-10-29-53(42)65-63(47)64-48-24-5-2-19-43(48)55-37-39(33-35-54(55)66(64)67(65)57-30-14-11-20-44(57)45-21-12-15-31-58(45)67)61-49-25-6-8-27-51(49)62(52-28-9-7-26-50(52)61)40-34-36-60-56(38-40)46-22-13-16-32-59(46)68-60/h1-38H. The minimum Gasteiger partial charge on any atom is -0.456 e. The lowest BCUT2D eigenvalue weighted by molar-refractivity contribution is 0.669. The Morgan fingerprint density at radius 1 is 0.235 bits per heavy atom. The van der Waals surface area contributed by atoms with E-state index in [2.05, 4.69) is 224 Å². The summed E-state index contributed by atoms with van der Waals surface area (Å²) in [6, 6.07) is 86.5. The van der Waals surface area contributed by atoms with Crippen LogP contribution in [0.25, 0.3) is 131 Å². The number of hydrogen-bond donors (Lipinski definition) is 0. The Labute approximate surface area is 391 Å². The fraction of sp³-hybridized carbons (Fsp3) is 0.0149. The highest BCUT2D eigenvalue weighted by Gasteiger charge is 2.54. The minimum atomic E-state index is -0.562. The molecule has 0 fully saturated rings. The van der Waals surface area contributed by atoms with Crippen LogP contribution in [-0.2, 0) is 5.41 Å². The number of rotatable bonds is 2. The second-order valence-electron chi connectivity index (χ2n) is 18.9. The van der Waals surface area contributed by atoms with Crippen LogP contribution in [0.2, 0.25) is 0 Å². The van der Waals surface area contributed by atoms with Gasteiger partial charge in [-0.05, 0) is 156 Å². The molecule has 312 valence electrons. The molecule has 1 spiro atoms. The Balaban J connectivity index is 1.04. The summed E-state index contributed by atoms with van der Waals surface area (Å²) in [4.78, 5) is 0. The smallest absolute Gasteiger partial charge is 0.135 e. The maximum atomic E-state index is 6.31. The third-order valence-electron chi connectivity index (χ3n) is 15.8. The number of hydrogen-bond acceptors (Lipinski definition) is 1. The van der Waals surface area contributed by atoms with Crippen molar-refractivity contribution in [3.63, 3.8) is 0 Å². The van der Waals surface area contributed by atoms with Crippen LogP contribution in [0.1, 0.15) is 22.3 Å². The number of para-hydroxylation sites is 1. The summed E-state index contributed by atoms with van der Waals surface area (Å²) < 4.78 is 6.31. The average Bonchev–Trinajstić information content (AvgIpc) is 4.05. The van der Waals surface area contributed by atoms with Crippen LogP contribution in [0.5, 0.6) is 0 Å². The molecule has 68 heavy (non-hydrogen) atoms. The van der Waals surface area contributed by atoms with Gasteiger partial charge in [0.25, 0.3) is 0 Å². The van der Waals surface area contributed by atoms with Gasteiger partial charge in [-0.1, -0.05) is 206 Å². The molecule has 0 aliphatic heterocycles. The minimum absolute atomic E-state index is 0.562. The van der Waals surface area contributed by atoms with Gasteiger partial charge in [-0.15, -0.1) is 0 Å². The van der Waals surface area contributed by atoms with E-state index in [4.69, 9.17) is 4.42 Å². The molecule has 1 heteroatoms. The molecule has 0 atom stereocenters. The molecule has 0 unspecified atom stereocenters. The van der Waals surface area contributed by atoms with Gasteiger partial charge in [0, 0.05) is 10.8 Å². The van der Waals surface area contributed by atoms with Crippen molar-refractivity contribution in [3.8, 4) is 44.5 Å². The van der Waals surface area contributed by atoms with Gasteiger partial charge in [0.1, 0.15) is 11.2 Å². The van der Waals surface area contributed by atoms with E-state index in [9.17, 15) is 0 Å². The molecule has 1 nitrogen and oxygen atoms in total. The molecule has 0 saturated heterocycles. The van der Waals surface area contributed by atoms with E-state index in [0.717, 1.165) is 21.9 Å². The van der Waals surface area contributed by atoms with Crippen LogP contribution < -0.4 is 0 Å². The van der Waals surface area contributed by atoms with Crippen molar-refractivity contribution in [2.24, 2.45) is 0 Å². The number of furan rings is 1. The van der Waals surface area contributed by atoms with Gasteiger partial charge in [0.15, 0.2) is 0 Å². The van der Waals surface area contributed by atoms with E-state index in [1.165, 1.54) is 131 Å². The average molecular weight is 859 g/mol. The molecule has 1 aromatic heterocycles. The number of fused-ring (bicyclic) bond motifs is 25. The van der Waals surface area contributed by atoms with Crippen LogP contribution in [-0.4, -0.2) is 0 Å². The largest absolute Gasteiger partial charge is 0.456 e. The van der Waals surface area contributed by atoms with E-state index in [1.54, 1.807) is 0 Å². The van der Waals surface area contributed by atoms with E-state index in [0.29, 0.717) is 0 Å². The van der Waals surface area contributed by atoms with Crippen molar-refractivity contribution in [2.45, 2.75) is 5.41 Å². The fourth-order valence-electron chi connectivity index (χ4n) is 13.3. The molecular weight excluding hydrogens is 821 g/mol. The molecule has 0 radical (unpaired) electrons. The van der Waals surface area contributed by atoms with Crippen molar-refractivity contribution in [2.75, 3.05) is 0 Å². The van der Waals surface area contributed by atoms with E-state index >= 15 is 0 Å². The van der Waals surface area contributed by atoms with Crippen LogP contribution in [0, 0.1) is 0 Å². The Hall–Kier alpha value is -8.78. The van der Waals surface area contributed by atoms with Crippen molar-refractivity contribution < 1.29 is 4.42 Å². The number of benzene rings is 13. The molecule has 2 aliphatic rings. The highest BCUT2D eigenvalue weighted by molar-refractivity contribution is 6.29. The Bertz CT molecular complexity index is 4460. The van der Waals surface area contributed by atoms with Crippen molar-refractivity contribution in [3.05, 3.63) is 253 Å². The zero-order valence-corrected chi connectivity index (χ0v) is 36.8. The highest BCUT2D eigenvalue weighted by atomic mass is 16.3. The van der Waals surface area contributed by atoms with Crippen molar-refractivity contribution >= 4 is 86.6 Å².